The van der Waals surface area contributed by atoms with Gasteiger partial charge in [0.15, 0.2) is 0 Å². The second-order valence-corrected chi connectivity index (χ2v) is 11.2. The number of likely N-dealkylation sites (tertiary alicyclic amines) is 1. The molecule has 1 aliphatic rings. The van der Waals surface area contributed by atoms with Gasteiger partial charge in [-0.05, 0) is 79.3 Å². The number of halogens is 1. The number of fused-ring (bicyclic) bond motifs is 1. The molecule has 1 aromatic carbocycles. The average molecular weight is 519 g/mol. The van der Waals surface area contributed by atoms with Crippen molar-refractivity contribution in [2.45, 2.75) is 37.0 Å². The van der Waals surface area contributed by atoms with Crippen molar-refractivity contribution in [1.82, 2.24) is 9.88 Å². The van der Waals surface area contributed by atoms with E-state index in [4.69, 9.17) is 16.3 Å². The largest absolute Gasteiger partial charge is 0.497 e. The first-order valence-electron chi connectivity index (χ1n) is 11.7. The molecule has 0 radical (unpaired) electrons. The topological polar surface area (TPSA) is 62.7 Å². The van der Waals surface area contributed by atoms with Crippen LogP contribution in [-0.4, -0.2) is 53.5 Å². The molecule has 0 aliphatic carbocycles. The summed E-state index contributed by atoms with van der Waals surface area (Å²) >= 11 is 10.1. The number of hydrogen-bond donors (Lipinski definition) is 1. The van der Waals surface area contributed by atoms with Gasteiger partial charge in [0.05, 0.1) is 17.6 Å². The van der Waals surface area contributed by atoms with Gasteiger partial charge >= 0.3 is 5.97 Å². The molecule has 2 atom stereocenters. The summed E-state index contributed by atoms with van der Waals surface area (Å²) in [6.07, 6.45) is 5.87. The summed E-state index contributed by atoms with van der Waals surface area (Å²) in [4.78, 5) is 19.8. The van der Waals surface area contributed by atoms with E-state index in [0.29, 0.717) is 10.9 Å². The first-order valence-corrected chi connectivity index (χ1v) is 14.0. The number of methoxy groups -OCH3 is 1. The lowest BCUT2D eigenvalue weighted by molar-refractivity contribution is -0.139. The Balaban J connectivity index is 1.34. The molecule has 182 valence electrons. The Morgan fingerprint density at radius 1 is 1.35 bits per heavy atom. The van der Waals surface area contributed by atoms with Crippen LogP contribution in [0.3, 0.4) is 0 Å². The second kappa shape index (κ2) is 12.2. The van der Waals surface area contributed by atoms with Crippen LogP contribution >= 0.6 is 34.7 Å². The maximum atomic E-state index is 11.6. The van der Waals surface area contributed by atoms with Crippen molar-refractivity contribution in [3.63, 3.8) is 0 Å². The third-order valence-electron chi connectivity index (χ3n) is 6.72. The number of thioether (sulfide) groups is 1. The van der Waals surface area contributed by atoms with Crippen molar-refractivity contribution < 1.29 is 14.6 Å². The van der Waals surface area contributed by atoms with Gasteiger partial charge in [-0.3, -0.25) is 9.78 Å². The molecule has 1 aliphatic heterocycles. The fourth-order valence-corrected chi connectivity index (χ4v) is 6.98. The van der Waals surface area contributed by atoms with Gasteiger partial charge in [0.2, 0.25) is 0 Å². The van der Waals surface area contributed by atoms with E-state index in [1.165, 1.54) is 4.90 Å². The normalized spacial score (nSPS) is 18.9. The van der Waals surface area contributed by atoms with Crippen molar-refractivity contribution in [3.8, 4) is 5.75 Å². The average Bonchev–Trinajstić information content (AvgIpc) is 3.34. The molecule has 0 spiro atoms. The quantitative estimate of drug-likeness (QED) is 0.293. The summed E-state index contributed by atoms with van der Waals surface area (Å²) in [5, 5.41) is 15.5. The number of pyridine rings is 1. The molecule has 0 saturated carbocycles. The molecule has 5 nitrogen and oxygen atoms in total. The van der Waals surface area contributed by atoms with E-state index in [-0.39, 0.29) is 12.3 Å². The van der Waals surface area contributed by atoms with Crippen LogP contribution in [0, 0.1) is 11.8 Å². The Morgan fingerprint density at radius 3 is 3.00 bits per heavy atom. The van der Waals surface area contributed by atoms with E-state index < -0.39 is 5.97 Å². The lowest BCUT2D eigenvalue weighted by atomic mass is 9.80. The van der Waals surface area contributed by atoms with E-state index in [1.807, 2.05) is 30.0 Å². The molecular formula is C26H31ClN2O3S2. The second-order valence-electron chi connectivity index (χ2n) is 8.87. The fraction of sp³-hybridized carbons (Fsp3) is 0.462. The molecule has 3 heterocycles. The lowest BCUT2D eigenvalue weighted by Crippen LogP contribution is -2.42. The summed E-state index contributed by atoms with van der Waals surface area (Å²) < 4.78 is 5.39. The third kappa shape index (κ3) is 6.66. The molecule has 3 aromatic rings. The number of piperidine rings is 1. The van der Waals surface area contributed by atoms with Crippen LogP contribution in [0.15, 0.2) is 46.1 Å². The van der Waals surface area contributed by atoms with Crippen LogP contribution in [0.5, 0.6) is 5.75 Å². The number of aliphatic carboxylic acids is 1. The molecular weight excluding hydrogens is 488 g/mol. The van der Waals surface area contributed by atoms with Crippen molar-refractivity contribution in [3.05, 3.63) is 51.8 Å². The third-order valence-corrected chi connectivity index (χ3v) is 8.85. The minimum atomic E-state index is -0.695. The zero-order valence-corrected chi connectivity index (χ0v) is 21.8. The van der Waals surface area contributed by atoms with Crippen LogP contribution < -0.4 is 4.74 Å². The maximum Gasteiger partial charge on any atom is 0.303 e. The van der Waals surface area contributed by atoms with E-state index in [2.05, 4.69) is 26.7 Å². The Labute approximate surface area is 214 Å². The van der Waals surface area contributed by atoms with Gasteiger partial charge in [-0.25, -0.2) is 0 Å². The Bertz CT molecular complexity index is 1090. The summed E-state index contributed by atoms with van der Waals surface area (Å²) in [6, 6.07) is 8.03. The minimum absolute atomic E-state index is 0.196. The van der Waals surface area contributed by atoms with Gasteiger partial charge in [0.25, 0.3) is 0 Å². The number of ether oxygens (including phenoxy) is 1. The number of hydrogen-bond acceptors (Lipinski definition) is 6. The molecule has 2 aromatic heterocycles. The van der Waals surface area contributed by atoms with Gasteiger partial charge in [0, 0.05) is 47.1 Å². The number of carbonyl (C=O) groups is 1. The fourth-order valence-electron chi connectivity index (χ4n) is 4.95. The highest BCUT2D eigenvalue weighted by Gasteiger charge is 2.30. The van der Waals surface area contributed by atoms with E-state index in [1.54, 1.807) is 24.6 Å². The molecule has 8 heteroatoms. The number of rotatable bonds is 11. The number of thiophene rings is 1. The standard InChI is InChI=1S/C26H31ClN2O3S2/c1-32-20-5-6-25-23(14-20)22(24(27)15-28-25)4-2-3-18-7-9-29(16-19(18)13-26(30)31)10-12-34-21-8-11-33-17-21/h5-6,8,11,14-15,17-19H,2-4,7,9-10,12-13,16H2,1H3,(H,30,31)/t18-,19-/m1/s1. The van der Waals surface area contributed by atoms with Crippen LogP contribution in [-0.2, 0) is 11.2 Å². The molecule has 0 unspecified atom stereocenters. The van der Waals surface area contributed by atoms with E-state index >= 15 is 0 Å². The van der Waals surface area contributed by atoms with Gasteiger partial charge in [-0.1, -0.05) is 11.6 Å². The predicted molar refractivity (Wildman–Crippen MR) is 142 cm³/mol. The zero-order valence-electron chi connectivity index (χ0n) is 19.4. The molecule has 1 N–H and O–H groups in total. The highest BCUT2D eigenvalue weighted by Crippen LogP contribution is 2.33. The maximum absolute atomic E-state index is 11.6. The Hall–Kier alpha value is -1.80. The van der Waals surface area contributed by atoms with Crippen molar-refractivity contribution in [2.24, 2.45) is 11.8 Å². The van der Waals surface area contributed by atoms with Crippen LogP contribution in [0.4, 0.5) is 0 Å². The molecule has 34 heavy (non-hydrogen) atoms. The number of carboxylic acids is 1. The number of aromatic nitrogens is 1. The molecule has 0 bridgehead atoms. The monoisotopic (exact) mass is 518 g/mol. The predicted octanol–water partition coefficient (Wildman–Crippen LogP) is 6.49. The van der Waals surface area contributed by atoms with E-state index in [9.17, 15) is 9.90 Å². The summed E-state index contributed by atoms with van der Waals surface area (Å²) in [5.41, 5.74) is 2.01. The summed E-state index contributed by atoms with van der Waals surface area (Å²) in [7, 11) is 1.66. The Morgan fingerprint density at radius 2 is 2.24 bits per heavy atom. The van der Waals surface area contributed by atoms with Crippen molar-refractivity contribution >= 4 is 51.6 Å². The SMILES string of the molecule is COc1ccc2ncc(Cl)c(CCC[C@@H]3CCN(CCSc4ccsc4)C[C@H]3CC(=O)O)c2c1. The highest BCUT2D eigenvalue weighted by atomic mass is 35.5. The highest BCUT2D eigenvalue weighted by molar-refractivity contribution is 7.99. The summed E-state index contributed by atoms with van der Waals surface area (Å²) in [6.45, 7) is 2.92. The first-order chi connectivity index (χ1) is 16.5. The minimum Gasteiger partial charge on any atom is -0.497 e. The number of carboxylic acid groups (broad SMARTS) is 1. The number of benzene rings is 1. The molecule has 1 fully saturated rings. The molecule has 0 amide bonds. The smallest absolute Gasteiger partial charge is 0.303 e. The summed E-state index contributed by atoms with van der Waals surface area (Å²) in [5.74, 6) is 1.77. The van der Waals surface area contributed by atoms with Crippen molar-refractivity contribution in [1.29, 1.82) is 0 Å². The van der Waals surface area contributed by atoms with Crippen LogP contribution in [0.2, 0.25) is 5.02 Å². The number of aryl methyl sites for hydroxylation is 1. The van der Waals surface area contributed by atoms with Gasteiger partial charge < -0.3 is 14.7 Å². The first kappa shape index (κ1) is 25.3. The Kier molecular flexibility index (Phi) is 9.11. The van der Waals surface area contributed by atoms with Crippen LogP contribution in [0.1, 0.15) is 31.2 Å². The lowest BCUT2D eigenvalue weighted by Gasteiger charge is -2.38. The molecule has 1 saturated heterocycles. The number of nitrogens with zero attached hydrogens (tertiary/aromatic N) is 2. The van der Waals surface area contributed by atoms with Crippen molar-refractivity contribution in [2.75, 3.05) is 32.5 Å². The van der Waals surface area contributed by atoms with Gasteiger partial charge in [0.1, 0.15) is 5.75 Å². The van der Waals surface area contributed by atoms with E-state index in [0.717, 1.165) is 73.3 Å². The van der Waals surface area contributed by atoms with Crippen LogP contribution in [0.25, 0.3) is 10.9 Å². The van der Waals surface area contributed by atoms with Gasteiger partial charge in [-0.15, -0.1) is 11.8 Å². The molecule has 4 rings (SSSR count). The van der Waals surface area contributed by atoms with Gasteiger partial charge in [-0.2, -0.15) is 11.3 Å². The zero-order chi connectivity index (χ0) is 23.9.